The number of thioether (sulfide) groups is 1. The Morgan fingerprint density at radius 3 is 2.05 bits per heavy atom. The molecule has 0 radical (unpaired) electrons. The zero-order valence-corrected chi connectivity index (χ0v) is 14.2. The molecule has 1 heterocycles. The molecule has 0 amide bonds. The van der Waals surface area contributed by atoms with Gasteiger partial charge in [-0.2, -0.15) is 0 Å². The molecule has 2 aromatic carbocycles. The van der Waals surface area contributed by atoms with Crippen molar-refractivity contribution in [2.45, 2.75) is 33.7 Å². The van der Waals surface area contributed by atoms with Crippen LogP contribution in [0, 0.1) is 13.8 Å². The van der Waals surface area contributed by atoms with Crippen molar-refractivity contribution in [2.24, 2.45) is 0 Å². The highest BCUT2D eigenvalue weighted by Gasteiger charge is 2.10. The van der Waals surface area contributed by atoms with Crippen LogP contribution in [0.2, 0.25) is 0 Å². The molecule has 2 nitrogen and oxygen atoms in total. The zero-order valence-electron chi connectivity index (χ0n) is 13.3. The molecule has 0 saturated carbocycles. The minimum absolute atomic E-state index is 0.202. The Morgan fingerprint density at radius 1 is 1.00 bits per heavy atom. The number of fused-ring (bicyclic) bond motifs is 3. The van der Waals surface area contributed by atoms with Crippen molar-refractivity contribution < 1.29 is 4.79 Å². The molecule has 3 heteroatoms. The Labute approximate surface area is 135 Å². The number of nitrogens with zero attached hydrogens (tertiary/aromatic N) is 1. The maximum atomic E-state index is 11.1. The van der Waals surface area contributed by atoms with Crippen molar-refractivity contribution in [1.82, 2.24) is 4.57 Å². The minimum Gasteiger partial charge on any atom is -0.340 e. The molecule has 0 fully saturated rings. The van der Waals surface area contributed by atoms with Gasteiger partial charge in [0.05, 0.1) is 0 Å². The summed E-state index contributed by atoms with van der Waals surface area (Å²) in [6, 6.07) is 13.3. The summed E-state index contributed by atoms with van der Waals surface area (Å²) >= 11 is 1.42. The number of aryl methyl sites for hydroxylation is 3. The van der Waals surface area contributed by atoms with Gasteiger partial charge in [-0.1, -0.05) is 35.0 Å². The van der Waals surface area contributed by atoms with Crippen LogP contribution in [0.4, 0.5) is 0 Å². The second-order valence-electron chi connectivity index (χ2n) is 5.89. The summed E-state index contributed by atoms with van der Waals surface area (Å²) in [5, 5.41) is 2.87. The highest BCUT2D eigenvalue weighted by atomic mass is 32.2. The molecule has 0 spiro atoms. The number of rotatable bonds is 4. The van der Waals surface area contributed by atoms with Crippen LogP contribution in [0.1, 0.15) is 24.5 Å². The summed E-state index contributed by atoms with van der Waals surface area (Å²) in [7, 11) is 0. The Hall–Kier alpha value is -1.74. The number of carbonyl (C=O) groups is 1. The lowest BCUT2D eigenvalue weighted by Crippen LogP contribution is -1.99. The fourth-order valence-electron chi connectivity index (χ4n) is 3.01. The van der Waals surface area contributed by atoms with Crippen LogP contribution >= 0.6 is 11.8 Å². The van der Waals surface area contributed by atoms with Crippen LogP contribution in [-0.2, 0) is 11.3 Å². The van der Waals surface area contributed by atoms with E-state index in [-0.39, 0.29) is 5.12 Å². The first-order valence-electron chi connectivity index (χ1n) is 7.69. The summed E-state index contributed by atoms with van der Waals surface area (Å²) in [4.78, 5) is 11.1. The molecule has 0 aliphatic heterocycles. The summed E-state index contributed by atoms with van der Waals surface area (Å²) in [5.74, 6) is 0.883. The lowest BCUT2D eigenvalue weighted by atomic mass is 10.1. The molecule has 0 saturated heterocycles. The number of aromatic nitrogens is 1. The van der Waals surface area contributed by atoms with Gasteiger partial charge in [0, 0.05) is 41.0 Å². The van der Waals surface area contributed by atoms with E-state index in [1.165, 1.54) is 44.7 Å². The fourth-order valence-corrected chi connectivity index (χ4v) is 3.57. The fraction of sp³-hybridized carbons (Fsp3) is 0.316. The van der Waals surface area contributed by atoms with Gasteiger partial charge in [0.1, 0.15) is 0 Å². The normalized spacial score (nSPS) is 11.4. The summed E-state index contributed by atoms with van der Waals surface area (Å²) < 4.78 is 2.39. The first-order valence-corrected chi connectivity index (χ1v) is 8.67. The summed E-state index contributed by atoms with van der Waals surface area (Å²) in [6.07, 6.45) is 1.00. The molecule has 1 aromatic heterocycles. The molecule has 0 N–H and O–H groups in total. The monoisotopic (exact) mass is 311 g/mol. The van der Waals surface area contributed by atoms with Gasteiger partial charge in [-0.3, -0.25) is 4.79 Å². The van der Waals surface area contributed by atoms with Gasteiger partial charge in [-0.25, -0.2) is 0 Å². The predicted molar refractivity (Wildman–Crippen MR) is 96.7 cm³/mol. The van der Waals surface area contributed by atoms with Gasteiger partial charge in [-0.15, -0.1) is 0 Å². The highest BCUT2D eigenvalue weighted by molar-refractivity contribution is 8.13. The van der Waals surface area contributed by atoms with E-state index >= 15 is 0 Å². The van der Waals surface area contributed by atoms with Gasteiger partial charge in [-0.05, 0) is 44.5 Å². The molecule has 0 unspecified atom stereocenters. The van der Waals surface area contributed by atoms with Gasteiger partial charge in [0.15, 0.2) is 5.12 Å². The Bertz CT molecular complexity index is 788. The van der Waals surface area contributed by atoms with Crippen molar-refractivity contribution in [2.75, 3.05) is 5.75 Å². The SMILES string of the molecule is CC(=O)SCCCn1c2ccc(C)cc2c2cc(C)ccc21. The zero-order chi connectivity index (χ0) is 15.7. The number of carbonyl (C=O) groups excluding carboxylic acids is 1. The van der Waals surface area contributed by atoms with E-state index in [4.69, 9.17) is 0 Å². The van der Waals surface area contributed by atoms with E-state index in [9.17, 15) is 4.79 Å². The molecule has 0 bridgehead atoms. The number of hydrogen-bond donors (Lipinski definition) is 0. The van der Waals surface area contributed by atoms with Crippen LogP contribution in [0.15, 0.2) is 36.4 Å². The number of hydrogen-bond acceptors (Lipinski definition) is 2. The maximum Gasteiger partial charge on any atom is 0.185 e. The third-order valence-corrected chi connectivity index (χ3v) is 4.91. The van der Waals surface area contributed by atoms with Crippen LogP contribution in [0.3, 0.4) is 0 Å². The van der Waals surface area contributed by atoms with Gasteiger partial charge in [0.25, 0.3) is 0 Å². The molecule has 0 aliphatic rings. The average molecular weight is 311 g/mol. The molecular formula is C19H21NOS. The van der Waals surface area contributed by atoms with Crippen molar-refractivity contribution in [3.63, 3.8) is 0 Å². The van der Waals surface area contributed by atoms with Gasteiger partial charge >= 0.3 is 0 Å². The summed E-state index contributed by atoms with van der Waals surface area (Å²) in [5.41, 5.74) is 5.17. The lowest BCUT2D eigenvalue weighted by molar-refractivity contribution is -0.109. The first kappa shape index (κ1) is 15.2. The Kier molecular flexibility index (Phi) is 4.25. The van der Waals surface area contributed by atoms with Crippen LogP contribution < -0.4 is 0 Å². The van der Waals surface area contributed by atoms with E-state index in [2.05, 4.69) is 54.8 Å². The highest BCUT2D eigenvalue weighted by Crippen LogP contribution is 2.30. The average Bonchev–Trinajstić information content (AvgIpc) is 2.76. The summed E-state index contributed by atoms with van der Waals surface area (Å²) in [6.45, 7) is 6.87. The lowest BCUT2D eigenvalue weighted by Gasteiger charge is -2.07. The van der Waals surface area contributed by atoms with E-state index in [0.717, 1.165) is 18.7 Å². The molecule has 3 rings (SSSR count). The smallest absolute Gasteiger partial charge is 0.185 e. The minimum atomic E-state index is 0.202. The molecule has 3 aromatic rings. The molecule has 0 atom stereocenters. The quantitative estimate of drug-likeness (QED) is 0.627. The van der Waals surface area contributed by atoms with Crippen LogP contribution in [-0.4, -0.2) is 15.4 Å². The van der Waals surface area contributed by atoms with E-state index in [1.54, 1.807) is 6.92 Å². The molecule has 22 heavy (non-hydrogen) atoms. The van der Waals surface area contributed by atoms with Gasteiger partial charge in [0.2, 0.25) is 0 Å². The van der Waals surface area contributed by atoms with Crippen LogP contribution in [0.25, 0.3) is 21.8 Å². The molecule has 114 valence electrons. The first-order chi connectivity index (χ1) is 10.6. The predicted octanol–water partition coefficient (Wildman–Crippen LogP) is 5.08. The Balaban J connectivity index is 2.04. The number of benzene rings is 2. The van der Waals surface area contributed by atoms with E-state index < -0.39 is 0 Å². The molecule has 0 aliphatic carbocycles. The van der Waals surface area contributed by atoms with Crippen molar-refractivity contribution >= 4 is 38.7 Å². The van der Waals surface area contributed by atoms with E-state index in [1.807, 2.05) is 0 Å². The molecular weight excluding hydrogens is 290 g/mol. The standard InChI is InChI=1S/C19H21NOS/c1-13-5-7-18-16(11-13)17-12-14(2)6-8-19(17)20(18)9-4-10-22-15(3)21/h5-8,11-12H,4,9-10H2,1-3H3. The third kappa shape index (κ3) is 2.91. The third-order valence-electron chi connectivity index (χ3n) is 4.01. The van der Waals surface area contributed by atoms with Crippen molar-refractivity contribution in [3.05, 3.63) is 47.5 Å². The van der Waals surface area contributed by atoms with Gasteiger partial charge < -0.3 is 4.57 Å². The topological polar surface area (TPSA) is 22.0 Å². The second-order valence-corrected chi connectivity index (χ2v) is 7.16. The maximum absolute atomic E-state index is 11.1. The van der Waals surface area contributed by atoms with Crippen molar-refractivity contribution in [3.8, 4) is 0 Å². The van der Waals surface area contributed by atoms with Crippen molar-refractivity contribution in [1.29, 1.82) is 0 Å². The second kappa shape index (κ2) is 6.17. The van der Waals surface area contributed by atoms with Crippen LogP contribution in [0.5, 0.6) is 0 Å². The van der Waals surface area contributed by atoms with E-state index in [0.29, 0.717) is 0 Å². The Morgan fingerprint density at radius 2 is 1.55 bits per heavy atom. The largest absolute Gasteiger partial charge is 0.340 e.